The Hall–Kier alpha value is -3.96. The predicted octanol–water partition coefficient (Wildman–Crippen LogP) is 3.01. The van der Waals surface area contributed by atoms with Crippen LogP contribution in [-0.2, 0) is 0 Å². The number of hydrogen-bond acceptors (Lipinski definition) is 8. The zero-order valence-corrected chi connectivity index (χ0v) is 11.7. The quantitative estimate of drug-likeness (QED) is 0.604. The molecule has 0 aliphatic carbocycles. The Morgan fingerprint density at radius 1 is 0.417 bits per heavy atom. The minimum Gasteiger partial charge on any atom is -0.258 e. The molecule has 0 bridgehead atoms. The Kier molecular flexibility index (Phi) is 5.94. The normalized spacial score (nSPS) is 9.33. The van der Waals surface area contributed by atoms with Gasteiger partial charge in [-0.2, -0.15) is 0 Å². The summed E-state index contributed by atoms with van der Waals surface area (Å²) < 4.78 is 0. The summed E-state index contributed by atoms with van der Waals surface area (Å²) in [5.41, 5.74) is -0.609. The topological polar surface area (TPSA) is 173 Å². The molecule has 12 nitrogen and oxygen atoms in total. The van der Waals surface area contributed by atoms with Crippen LogP contribution in [0, 0.1) is 40.5 Å². The highest BCUT2D eigenvalue weighted by Crippen LogP contribution is 2.17. The van der Waals surface area contributed by atoms with Crippen LogP contribution >= 0.6 is 0 Å². The summed E-state index contributed by atoms with van der Waals surface area (Å²) in [6.07, 6.45) is 0. The van der Waals surface area contributed by atoms with E-state index in [2.05, 4.69) is 0 Å². The maximum Gasteiger partial charge on any atom is 0.269 e. The molecule has 2 aromatic rings. The minimum atomic E-state index is -0.607. The van der Waals surface area contributed by atoms with Crippen LogP contribution in [0.2, 0.25) is 0 Å². The molecule has 0 aromatic heterocycles. The van der Waals surface area contributed by atoms with Crippen molar-refractivity contribution in [2.75, 3.05) is 0 Å². The van der Waals surface area contributed by atoms with Crippen LogP contribution in [0.25, 0.3) is 0 Å². The molecule has 0 heterocycles. The average molecular weight is 336 g/mol. The molecule has 0 saturated heterocycles. The average Bonchev–Trinajstić information content (AvgIpc) is 2.55. The van der Waals surface area contributed by atoms with Gasteiger partial charge in [0.15, 0.2) is 0 Å². The van der Waals surface area contributed by atoms with Crippen molar-refractivity contribution >= 4 is 22.7 Å². The first-order valence-electron chi connectivity index (χ1n) is 6.00. The highest BCUT2D eigenvalue weighted by atomic mass is 16.6. The lowest BCUT2D eigenvalue weighted by Gasteiger charge is -1.90. The fraction of sp³-hybridized carbons (Fsp3) is 0. The Morgan fingerprint density at radius 2 is 0.542 bits per heavy atom. The van der Waals surface area contributed by atoms with E-state index < -0.39 is 19.7 Å². The summed E-state index contributed by atoms with van der Waals surface area (Å²) in [6, 6.07) is 8.76. The fourth-order valence-corrected chi connectivity index (χ4v) is 1.39. The maximum absolute atomic E-state index is 10.1. The highest BCUT2D eigenvalue weighted by Gasteiger charge is 2.09. The van der Waals surface area contributed by atoms with Crippen molar-refractivity contribution in [2.24, 2.45) is 0 Å². The molecule has 0 N–H and O–H groups in total. The van der Waals surface area contributed by atoms with Crippen molar-refractivity contribution < 1.29 is 19.7 Å². The van der Waals surface area contributed by atoms with Gasteiger partial charge in [0.05, 0.1) is 19.7 Å². The van der Waals surface area contributed by atoms with Crippen LogP contribution in [0.4, 0.5) is 22.7 Å². The van der Waals surface area contributed by atoms with Gasteiger partial charge in [-0.05, 0) is 0 Å². The smallest absolute Gasteiger partial charge is 0.258 e. The van der Waals surface area contributed by atoms with Crippen LogP contribution in [0.1, 0.15) is 0 Å². The van der Waals surface area contributed by atoms with Gasteiger partial charge in [0.25, 0.3) is 22.7 Å². The Balaban J connectivity index is 0.000000240. The van der Waals surface area contributed by atoms with E-state index in [9.17, 15) is 40.5 Å². The summed E-state index contributed by atoms with van der Waals surface area (Å²) in [7, 11) is 0. The third-order valence-corrected chi connectivity index (χ3v) is 2.54. The monoisotopic (exact) mass is 336 g/mol. The van der Waals surface area contributed by atoms with E-state index in [-0.39, 0.29) is 22.7 Å². The molecular weight excluding hydrogens is 328 g/mol. The number of hydrogen-bond donors (Lipinski definition) is 0. The molecule has 12 heteroatoms. The first kappa shape index (κ1) is 18.1. The summed E-state index contributed by atoms with van der Waals surface area (Å²) in [4.78, 5) is 38.0. The molecule has 0 spiro atoms. The van der Waals surface area contributed by atoms with Crippen LogP contribution in [0.3, 0.4) is 0 Å². The Morgan fingerprint density at radius 3 is 0.625 bits per heavy atom. The second-order valence-corrected chi connectivity index (χ2v) is 4.06. The molecule has 0 unspecified atom stereocenters. The standard InChI is InChI=1S/2C6H4N2O4/c2*9-7(10)5-1-2-6(4-3-5)8(11)12/h2*1-4H. The van der Waals surface area contributed by atoms with Gasteiger partial charge in [-0.15, -0.1) is 0 Å². The molecule has 0 amide bonds. The van der Waals surface area contributed by atoms with Crippen LogP contribution < -0.4 is 0 Å². The van der Waals surface area contributed by atoms with E-state index in [1.807, 2.05) is 0 Å². The SMILES string of the molecule is O=[N+]([O-])c1ccc([N+](=O)[O-])cc1.O=[N+]([O-])c1ccc([N+](=O)[O-])cc1. The molecule has 2 rings (SSSR count). The summed E-state index contributed by atoms with van der Waals surface area (Å²) in [6.45, 7) is 0. The van der Waals surface area contributed by atoms with Gasteiger partial charge >= 0.3 is 0 Å². The van der Waals surface area contributed by atoms with E-state index >= 15 is 0 Å². The third kappa shape index (κ3) is 5.10. The molecular formula is C12H8N4O8. The van der Waals surface area contributed by atoms with E-state index in [0.29, 0.717) is 0 Å². The zero-order chi connectivity index (χ0) is 18.3. The molecule has 0 fully saturated rings. The maximum atomic E-state index is 10.1. The molecule has 24 heavy (non-hydrogen) atoms. The molecule has 0 atom stereocenters. The number of benzene rings is 2. The second-order valence-electron chi connectivity index (χ2n) is 4.06. The number of non-ortho nitro benzene ring substituents is 4. The lowest BCUT2D eigenvalue weighted by Crippen LogP contribution is -1.90. The Bertz CT molecular complexity index is 639. The molecule has 0 radical (unpaired) electrons. The molecule has 124 valence electrons. The largest absolute Gasteiger partial charge is 0.269 e. The van der Waals surface area contributed by atoms with Gasteiger partial charge in [-0.3, -0.25) is 40.5 Å². The van der Waals surface area contributed by atoms with Crippen LogP contribution in [0.15, 0.2) is 48.5 Å². The minimum absolute atomic E-state index is 0.152. The van der Waals surface area contributed by atoms with Crippen LogP contribution in [0.5, 0.6) is 0 Å². The summed E-state index contributed by atoms with van der Waals surface area (Å²) in [5.74, 6) is 0. The van der Waals surface area contributed by atoms with Crippen molar-refractivity contribution in [2.45, 2.75) is 0 Å². The van der Waals surface area contributed by atoms with Crippen LogP contribution in [-0.4, -0.2) is 19.7 Å². The second kappa shape index (κ2) is 7.88. The van der Waals surface area contributed by atoms with E-state index in [4.69, 9.17) is 0 Å². The van der Waals surface area contributed by atoms with E-state index in [1.165, 1.54) is 0 Å². The molecule has 0 aliphatic rings. The lowest BCUT2D eigenvalue weighted by atomic mass is 10.3. The molecule has 0 aliphatic heterocycles. The van der Waals surface area contributed by atoms with Gasteiger partial charge in [0.2, 0.25) is 0 Å². The van der Waals surface area contributed by atoms with Gasteiger partial charge in [-0.1, -0.05) is 0 Å². The van der Waals surface area contributed by atoms with Crippen molar-refractivity contribution in [1.29, 1.82) is 0 Å². The lowest BCUT2D eigenvalue weighted by molar-refractivity contribution is -0.389. The molecule has 0 saturated carbocycles. The molecule has 2 aromatic carbocycles. The van der Waals surface area contributed by atoms with Crippen molar-refractivity contribution in [3.63, 3.8) is 0 Å². The number of nitro benzene ring substituents is 4. The number of rotatable bonds is 4. The highest BCUT2D eigenvalue weighted by molar-refractivity contribution is 5.40. The van der Waals surface area contributed by atoms with E-state index in [1.54, 1.807) is 0 Å². The summed E-state index contributed by atoms with van der Waals surface area (Å²) in [5, 5.41) is 40.5. The first-order chi connectivity index (χ1) is 11.2. The van der Waals surface area contributed by atoms with Gasteiger partial charge in [-0.25, -0.2) is 0 Å². The predicted molar refractivity (Wildman–Crippen MR) is 79.5 cm³/mol. The van der Waals surface area contributed by atoms with Gasteiger partial charge in [0, 0.05) is 48.5 Å². The first-order valence-corrected chi connectivity index (χ1v) is 6.00. The zero-order valence-electron chi connectivity index (χ0n) is 11.7. The van der Waals surface area contributed by atoms with Gasteiger partial charge in [0.1, 0.15) is 0 Å². The fourth-order valence-electron chi connectivity index (χ4n) is 1.39. The van der Waals surface area contributed by atoms with Gasteiger partial charge < -0.3 is 0 Å². The van der Waals surface area contributed by atoms with E-state index in [0.717, 1.165) is 48.5 Å². The third-order valence-electron chi connectivity index (χ3n) is 2.54. The number of nitrogens with zero attached hydrogens (tertiary/aromatic N) is 4. The Labute approximate surface area is 132 Å². The number of nitro groups is 4. The van der Waals surface area contributed by atoms with Crippen molar-refractivity contribution in [3.05, 3.63) is 89.0 Å². The van der Waals surface area contributed by atoms with Crippen molar-refractivity contribution in [1.82, 2.24) is 0 Å². The summed E-state index contributed by atoms with van der Waals surface area (Å²) >= 11 is 0. The van der Waals surface area contributed by atoms with Crippen molar-refractivity contribution in [3.8, 4) is 0 Å².